The topological polar surface area (TPSA) is 108 Å². The molecule has 3 aliphatic rings. The summed E-state index contributed by atoms with van der Waals surface area (Å²) in [5.74, 6) is -0.840. The van der Waals surface area contributed by atoms with Crippen molar-refractivity contribution < 1.29 is 19.5 Å². The van der Waals surface area contributed by atoms with Crippen LogP contribution in [0.15, 0.2) is 12.3 Å². The van der Waals surface area contributed by atoms with E-state index in [0.717, 1.165) is 18.5 Å². The van der Waals surface area contributed by atoms with Gasteiger partial charge < -0.3 is 20.2 Å². The molecule has 2 saturated heterocycles. The average Bonchev–Trinajstić information content (AvgIpc) is 3.08. The summed E-state index contributed by atoms with van der Waals surface area (Å²) in [7, 11) is 1.83. The van der Waals surface area contributed by atoms with Crippen molar-refractivity contribution in [1.29, 1.82) is 0 Å². The number of likely N-dealkylation sites (tertiary alicyclic amines) is 2. The number of carbonyl (C=O) groups excluding carboxylic acids is 2. The summed E-state index contributed by atoms with van der Waals surface area (Å²) < 4.78 is 1.75. The maximum atomic E-state index is 12.8. The van der Waals surface area contributed by atoms with Crippen molar-refractivity contribution in [2.45, 2.75) is 50.7 Å². The maximum Gasteiger partial charge on any atom is 0.317 e. The van der Waals surface area contributed by atoms with E-state index in [2.05, 4.69) is 10.4 Å². The lowest BCUT2D eigenvalue weighted by Gasteiger charge is -2.30. The van der Waals surface area contributed by atoms with E-state index in [4.69, 9.17) is 0 Å². The second-order valence-corrected chi connectivity index (χ2v) is 8.15. The maximum absolute atomic E-state index is 12.8. The van der Waals surface area contributed by atoms with Gasteiger partial charge in [0.1, 0.15) is 0 Å². The van der Waals surface area contributed by atoms with Crippen molar-refractivity contribution in [2.24, 2.45) is 12.5 Å². The van der Waals surface area contributed by atoms with Gasteiger partial charge in [0.25, 0.3) is 0 Å². The molecule has 1 saturated carbocycles. The second kappa shape index (κ2) is 6.24. The van der Waals surface area contributed by atoms with Crippen LogP contribution < -0.4 is 5.32 Å². The number of urea groups is 1. The van der Waals surface area contributed by atoms with Gasteiger partial charge in [-0.05, 0) is 32.3 Å². The van der Waals surface area contributed by atoms with E-state index < -0.39 is 11.4 Å². The number of carboxylic acid groups (broad SMARTS) is 1. The predicted molar refractivity (Wildman–Crippen MR) is 94.7 cm³/mol. The summed E-state index contributed by atoms with van der Waals surface area (Å²) in [4.78, 5) is 40.3. The number of hydrogen-bond acceptors (Lipinski definition) is 4. The Balaban J connectivity index is 1.52. The zero-order valence-corrected chi connectivity index (χ0v) is 15.6. The molecule has 3 heterocycles. The molecule has 1 aromatic rings. The van der Waals surface area contributed by atoms with Crippen LogP contribution in [0.5, 0.6) is 0 Å². The van der Waals surface area contributed by atoms with Crippen LogP contribution in [0.4, 0.5) is 4.79 Å². The molecule has 4 rings (SSSR count). The molecule has 3 atom stereocenters. The average molecular weight is 375 g/mol. The number of nitrogens with zero attached hydrogens (tertiary/aromatic N) is 4. The van der Waals surface area contributed by atoms with Crippen LogP contribution in [0, 0.1) is 5.41 Å². The summed E-state index contributed by atoms with van der Waals surface area (Å²) in [6.45, 7) is 2.24. The van der Waals surface area contributed by atoms with Gasteiger partial charge >= 0.3 is 12.0 Å². The van der Waals surface area contributed by atoms with Crippen molar-refractivity contribution in [3.8, 4) is 0 Å². The molecule has 2 aliphatic heterocycles. The first-order valence-corrected chi connectivity index (χ1v) is 9.38. The molecule has 0 spiro atoms. The van der Waals surface area contributed by atoms with Crippen molar-refractivity contribution in [1.82, 2.24) is 24.9 Å². The lowest BCUT2D eigenvalue weighted by atomic mass is 9.90. The van der Waals surface area contributed by atoms with E-state index >= 15 is 0 Å². The van der Waals surface area contributed by atoms with Crippen LogP contribution >= 0.6 is 0 Å². The number of carboxylic acids is 1. The number of rotatable bonds is 4. The van der Waals surface area contributed by atoms with Gasteiger partial charge in [0.05, 0.1) is 23.2 Å². The summed E-state index contributed by atoms with van der Waals surface area (Å²) >= 11 is 0. The van der Waals surface area contributed by atoms with Crippen LogP contribution in [-0.4, -0.2) is 67.8 Å². The van der Waals surface area contributed by atoms with Gasteiger partial charge in [-0.3, -0.25) is 14.3 Å². The molecule has 3 amide bonds. The van der Waals surface area contributed by atoms with E-state index in [9.17, 15) is 19.5 Å². The van der Waals surface area contributed by atoms with Crippen LogP contribution in [-0.2, 0) is 16.6 Å². The fraction of sp³-hybridized carbons (Fsp3) is 0.667. The number of nitrogens with one attached hydrogen (secondary N) is 1. The summed E-state index contributed by atoms with van der Waals surface area (Å²) in [5.41, 5.74) is -0.0144. The number of aliphatic carboxylic acids is 1. The van der Waals surface area contributed by atoms with Crippen LogP contribution in [0.2, 0.25) is 0 Å². The van der Waals surface area contributed by atoms with Gasteiger partial charge in [-0.25, -0.2) is 4.79 Å². The number of aromatic nitrogens is 2. The molecule has 2 N–H and O–H groups in total. The summed E-state index contributed by atoms with van der Waals surface area (Å²) in [5, 5.41) is 16.6. The fourth-order valence-electron chi connectivity index (χ4n) is 4.25. The Morgan fingerprint density at radius 2 is 2.11 bits per heavy atom. The van der Waals surface area contributed by atoms with Gasteiger partial charge in [0.2, 0.25) is 5.91 Å². The Morgan fingerprint density at radius 1 is 1.37 bits per heavy atom. The minimum atomic E-state index is -0.912. The monoisotopic (exact) mass is 375 g/mol. The molecule has 1 aliphatic carbocycles. The van der Waals surface area contributed by atoms with Crippen molar-refractivity contribution in [3.05, 3.63) is 18.0 Å². The third-order valence-corrected chi connectivity index (χ3v) is 6.05. The smallest absolute Gasteiger partial charge is 0.317 e. The minimum absolute atomic E-state index is 0.0470. The molecular weight excluding hydrogens is 350 g/mol. The molecule has 27 heavy (non-hydrogen) atoms. The largest absolute Gasteiger partial charge is 0.481 e. The van der Waals surface area contributed by atoms with Gasteiger partial charge in [0, 0.05) is 38.8 Å². The molecule has 0 bridgehead atoms. The highest BCUT2D eigenvalue weighted by molar-refractivity contribution is 5.84. The standard InChI is InChI=1S/C18H25N5O4/c1-18(16(25)26)6-8-22(10-18)17(27)20-12-9-14(24)23(11-3-4-11)15(12)13-5-7-19-21(13)2/h5,7,11-12,15H,3-4,6,8-10H2,1-2H3,(H,20,27)(H,25,26)/t12-,15-,18?/m1/s1. The minimum Gasteiger partial charge on any atom is -0.481 e. The molecule has 146 valence electrons. The molecule has 3 fully saturated rings. The number of amides is 3. The van der Waals surface area contributed by atoms with E-state index in [-0.39, 0.29) is 43.0 Å². The van der Waals surface area contributed by atoms with Crippen molar-refractivity contribution in [3.63, 3.8) is 0 Å². The Hall–Kier alpha value is -2.58. The molecule has 0 radical (unpaired) electrons. The zero-order chi connectivity index (χ0) is 19.3. The van der Waals surface area contributed by atoms with Gasteiger partial charge in [-0.1, -0.05) is 0 Å². The van der Waals surface area contributed by atoms with E-state index in [0.29, 0.717) is 13.0 Å². The normalized spacial score (nSPS) is 30.8. The first kappa shape index (κ1) is 17.8. The van der Waals surface area contributed by atoms with Gasteiger partial charge in [-0.2, -0.15) is 5.10 Å². The van der Waals surface area contributed by atoms with E-state index in [1.54, 1.807) is 22.7 Å². The zero-order valence-electron chi connectivity index (χ0n) is 15.6. The van der Waals surface area contributed by atoms with Crippen LogP contribution in [0.3, 0.4) is 0 Å². The number of carbonyl (C=O) groups is 3. The molecule has 0 aromatic carbocycles. The lowest BCUT2D eigenvalue weighted by Crippen LogP contribution is -2.47. The Kier molecular flexibility index (Phi) is 4.12. The van der Waals surface area contributed by atoms with Crippen molar-refractivity contribution >= 4 is 17.9 Å². The second-order valence-electron chi connectivity index (χ2n) is 8.15. The fourth-order valence-corrected chi connectivity index (χ4v) is 4.25. The number of hydrogen-bond donors (Lipinski definition) is 2. The quantitative estimate of drug-likeness (QED) is 0.807. The Morgan fingerprint density at radius 3 is 2.67 bits per heavy atom. The summed E-state index contributed by atoms with van der Waals surface area (Å²) in [6.07, 6.45) is 4.36. The first-order valence-electron chi connectivity index (χ1n) is 9.38. The highest BCUT2D eigenvalue weighted by Gasteiger charge is 2.49. The molecular formula is C18H25N5O4. The van der Waals surface area contributed by atoms with Gasteiger partial charge in [-0.15, -0.1) is 0 Å². The SMILES string of the molecule is Cn1nccc1[C@H]1[C@H](NC(=O)N2CCC(C)(C(=O)O)C2)CC(=O)N1C1CC1. The van der Waals surface area contributed by atoms with Crippen LogP contribution in [0.1, 0.15) is 44.3 Å². The van der Waals surface area contributed by atoms with E-state index in [1.807, 2.05) is 18.0 Å². The Bertz CT molecular complexity index is 788. The first-order chi connectivity index (χ1) is 12.8. The van der Waals surface area contributed by atoms with Crippen LogP contribution in [0.25, 0.3) is 0 Å². The van der Waals surface area contributed by atoms with Gasteiger partial charge in [0.15, 0.2) is 0 Å². The Labute approximate surface area is 157 Å². The summed E-state index contributed by atoms with van der Waals surface area (Å²) in [6, 6.07) is 1.23. The van der Waals surface area contributed by atoms with Crippen molar-refractivity contribution in [2.75, 3.05) is 13.1 Å². The molecule has 9 heteroatoms. The molecule has 1 unspecified atom stereocenters. The third-order valence-electron chi connectivity index (χ3n) is 6.05. The highest BCUT2D eigenvalue weighted by atomic mass is 16.4. The molecule has 1 aromatic heterocycles. The highest BCUT2D eigenvalue weighted by Crippen LogP contribution is 2.42. The van der Waals surface area contributed by atoms with E-state index in [1.165, 1.54) is 0 Å². The molecule has 9 nitrogen and oxygen atoms in total. The predicted octanol–water partition coefficient (Wildman–Crippen LogP) is 0.731. The number of aryl methyl sites for hydroxylation is 1. The lowest BCUT2D eigenvalue weighted by molar-refractivity contribution is -0.147. The third kappa shape index (κ3) is 3.04.